The summed E-state index contributed by atoms with van der Waals surface area (Å²) in [6, 6.07) is 21.9. The second kappa shape index (κ2) is 12.5. The van der Waals surface area contributed by atoms with Gasteiger partial charge in [0.05, 0.1) is 6.54 Å². The molecule has 5 nitrogen and oxygen atoms in total. The maximum atomic E-state index is 11.1. The number of benzene rings is 3. The molecule has 1 aliphatic carbocycles. The van der Waals surface area contributed by atoms with Crippen LogP contribution in [-0.4, -0.2) is 36.4 Å². The first-order valence-electron chi connectivity index (χ1n) is 12.3. The standard InChI is InChI=1S/C31H30ClNO4/c1-21-20-28(15-16-30(21)37-22(2)31(34)35)36-19-17-29(25-9-11-26(32)12-10-25)24-7-5-23(6-8-24)4-3-18-33-27-13-14-27/h5-12,15-17,20,22,27,33H,13-14,18-19H2,1-2H3,(H,34,35). The summed E-state index contributed by atoms with van der Waals surface area (Å²) >= 11 is 6.12. The lowest BCUT2D eigenvalue weighted by molar-refractivity contribution is -0.144. The molecule has 3 aromatic carbocycles. The second-order valence-corrected chi connectivity index (χ2v) is 9.43. The Bertz CT molecular complexity index is 1320. The Morgan fingerprint density at radius 1 is 1.11 bits per heavy atom. The summed E-state index contributed by atoms with van der Waals surface area (Å²) in [6.07, 6.45) is 3.62. The maximum absolute atomic E-state index is 11.1. The zero-order chi connectivity index (χ0) is 26.2. The molecule has 190 valence electrons. The summed E-state index contributed by atoms with van der Waals surface area (Å²) in [5.74, 6) is 6.59. The lowest BCUT2D eigenvalue weighted by Gasteiger charge is -2.14. The molecule has 1 saturated carbocycles. The predicted octanol–water partition coefficient (Wildman–Crippen LogP) is 6.11. The molecule has 0 radical (unpaired) electrons. The smallest absolute Gasteiger partial charge is 0.344 e. The number of hydrogen-bond acceptors (Lipinski definition) is 4. The highest BCUT2D eigenvalue weighted by atomic mass is 35.5. The molecule has 0 saturated heterocycles. The summed E-state index contributed by atoms with van der Waals surface area (Å²) in [5, 5.41) is 13.2. The van der Waals surface area contributed by atoms with Crippen LogP contribution in [0.25, 0.3) is 5.57 Å². The number of carbonyl (C=O) groups is 1. The minimum atomic E-state index is -1.01. The highest BCUT2D eigenvalue weighted by Gasteiger charge is 2.19. The van der Waals surface area contributed by atoms with Crippen LogP contribution in [0.15, 0.2) is 72.8 Å². The molecule has 6 heteroatoms. The van der Waals surface area contributed by atoms with Crippen LogP contribution in [0.4, 0.5) is 0 Å². The number of aliphatic carboxylic acids is 1. The molecule has 37 heavy (non-hydrogen) atoms. The van der Waals surface area contributed by atoms with E-state index in [1.54, 1.807) is 12.1 Å². The molecule has 2 N–H and O–H groups in total. The van der Waals surface area contributed by atoms with Gasteiger partial charge in [-0.15, -0.1) is 0 Å². The summed E-state index contributed by atoms with van der Waals surface area (Å²) in [7, 11) is 0. The summed E-state index contributed by atoms with van der Waals surface area (Å²) < 4.78 is 11.5. The third kappa shape index (κ3) is 7.88. The molecule has 1 fully saturated rings. The Morgan fingerprint density at radius 3 is 2.41 bits per heavy atom. The molecule has 0 aliphatic heterocycles. The van der Waals surface area contributed by atoms with Crippen molar-refractivity contribution in [1.82, 2.24) is 5.32 Å². The Hall–Kier alpha value is -3.72. The van der Waals surface area contributed by atoms with E-state index in [0.717, 1.165) is 27.8 Å². The van der Waals surface area contributed by atoms with Gasteiger partial charge in [-0.2, -0.15) is 0 Å². The minimum absolute atomic E-state index is 0.345. The number of ether oxygens (including phenoxy) is 2. The van der Waals surface area contributed by atoms with Crippen LogP contribution in [0.2, 0.25) is 5.02 Å². The summed E-state index contributed by atoms with van der Waals surface area (Å²) in [6.45, 7) is 4.42. The van der Waals surface area contributed by atoms with Crippen molar-refractivity contribution in [2.45, 2.75) is 38.8 Å². The van der Waals surface area contributed by atoms with Crippen LogP contribution < -0.4 is 14.8 Å². The second-order valence-electron chi connectivity index (χ2n) is 9.00. The fourth-order valence-electron chi connectivity index (χ4n) is 3.70. The van der Waals surface area contributed by atoms with E-state index in [0.29, 0.717) is 35.7 Å². The molecular weight excluding hydrogens is 486 g/mol. The molecule has 3 aromatic rings. The molecule has 0 spiro atoms. The highest BCUT2D eigenvalue weighted by Crippen LogP contribution is 2.27. The molecule has 0 amide bonds. The molecule has 0 heterocycles. The fraction of sp³-hybridized carbons (Fsp3) is 0.258. The van der Waals surface area contributed by atoms with Crippen LogP contribution in [-0.2, 0) is 4.79 Å². The van der Waals surface area contributed by atoms with Crippen LogP contribution in [0.3, 0.4) is 0 Å². The number of halogens is 1. The number of hydrogen-bond donors (Lipinski definition) is 2. The minimum Gasteiger partial charge on any atom is -0.489 e. The summed E-state index contributed by atoms with van der Waals surface area (Å²) in [5.41, 5.74) is 4.89. The Labute approximate surface area is 223 Å². The molecule has 1 aliphatic rings. The fourth-order valence-corrected chi connectivity index (χ4v) is 3.83. The molecular formula is C31H30ClNO4. The Balaban J connectivity index is 1.47. The van der Waals surface area contributed by atoms with Crippen molar-refractivity contribution < 1.29 is 19.4 Å². The van der Waals surface area contributed by atoms with Gasteiger partial charge in [-0.25, -0.2) is 4.79 Å². The van der Waals surface area contributed by atoms with Gasteiger partial charge in [-0.1, -0.05) is 47.7 Å². The van der Waals surface area contributed by atoms with Crippen molar-refractivity contribution in [2.24, 2.45) is 0 Å². The number of carboxylic acid groups (broad SMARTS) is 1. The maximum Gasteiger partial charge on any atom is 0.344 e. The van der Waals surface area contributed by atoms with Crippen molar-refractivity contribution >= 4 is 23.1 Å². The van der Waals surface area contributed by atoms with Gasteiger partial charge in [0.25, 0.3) is 0 Å². The largest absolute Gasteiger partial charge is 0.489 e. The van der Waals surface area contributed by atoms with E-state index in [2.05, 4.69) is 29.3 Å². The first kappa shape index (κ1) is 26.3. The Kier molecular flexibility index (Phi) is 8.90. The van der Waals surface area contributed by atoms with Crippen LogP contribution in [0, 0.1) is 18.8 Å². The zero-order valence-electron chi connectivity index (χ0n) is 21.0. The van der Waals surface area contributed by atoms with Gasteiger partial charge in [-0.3, -0.25) is 0 Å². The van der Waals surface area contributed by atoms with Gasteiger partial charge in [-0.05, 0) is 97.5 Å². The van der Waals surface area contributed by atoms with Gasteiger partial charge >= 0.3 is 5.97 Å². The van der Waals surface area contributed by atoms with Crippen LogP contribution in [0.1, 0.15) is 42.0 Å². The average Bonchev–Trinajstić information content (AvgIpc) is 3.72. The van der Waals surface area contributed by atoms with Crippen LogP contribution >= 0.6 is 11.6 Å². The number of rotatable bonds is 10. The quantitative estimate of drug-likeness (QED) is 0.319. The van der Waals surface area contributed by atoms with E-state index in [9.17, 15) is 4.79 Å². The van der Waals surface area contributed by atoms with Crippen molar-refractivity contribution in [3.05, 3.63) is 100 Å². The van der Waals surface area contributed by atoms with Gasteiger partial charge in [0.15, 0.2) is 6.10 Å². The van der Waals surface area contributed by atoms with Crippen molar-refractivity contribution in [2.75, 3.05) is 13.2 Å². The lowest BCUT2D eigenvalue weighted by atomic mass is 9.97. The first-order valence-corrected chi connectivity index (χ1v) is 12.7. The molecule has 1 unspecified atom stereocenters. The van der Waals surface area contributed by atoms with Crippen molar-refractivity contribution in [1.29, 1.82) is 0 Å². The van der Waals surface area contributed by atoms with E-state index in [1.165, 1.54) is 19.8 Å². The molecule has 0 bridgehead atoms. The van der Waals surface area contributed by atoms with E-state index in [1.807, 2.05) is 55.5 Å². The molecule has 1 atom stereocenters. The average molecular weight is 516 g/mol. The predicted molar refractivity (Wildman–Crippen MR) is 147 cm³/mol. The Morgan fingerprint density at radius 2 is 1.78 bits per heavy atom. The van der Waals surface area contributed by atoms with Gasteiger partial charge in [0.2, 0.25) is 0 Å². The summed E-state index contributed by atoms with van der Waals surface area (Å²) in [4.78, 5) is 11.1. The SMILES string of the molecule is Cc1cc(OCC=C(c2ccc(Cl)cc2)c2ccc(C#CCNC3CC3)cc2)ccc1OC(C)C(=O)O. The lowest BCUT2D eigenvalue weighted by Crippen LogP contribution is -2.23. The normalized spacial score (nSPS) is 13.9. The first-order chi connectivity index (χ1) is 17.9. The highest BCUT2D eigenvalue weighted by molar-refractivity contribution is 6.30. The van der Waals surface area contributed by atoms with Gasteiger partial charge in [0, 0.05) is 16.6 Å². The van der Waals surface area contributed by atoms with Crippen LogP contribution in [0.5, 0.6) is 11.5 Å². The third-order valence-electron chi connectivity index (χ3n) is 5.98. The number of carboxylic acids is 1. The van der Waals surface area contributed by atoms with E-state index >= 15 is 0 Å². The van der Waals surface area contributed by atoms with Crippen molar-refractivity contribution in [3.63, 3.8) is 0 Å². The topological polar surface area (TPSA) is 67.8 Å². The van der Waals surface area contributed by atoms with Gasteiger partial charge < -0.3 is 19.9 Å². The van der Waals surface area contributed by atoms with E-state index in [4.69, 9.17) is 26.2 Å². The van der Waals surface area contributed by atoms with E-state index in [-0.39, 0.29) is 0 Å². The van der Waals surface area contributed by atoms with Gasteiger partial charge in [0.1, 0.15) is 18.1 Å². The monoisotopic (exact) mass is 515 g/mol. The molecule has 4 rings (SSSR count). The van der Waals surface area contributed by atoms with E-state index < -0.39 is 12.1 Å². The van der Waals surface area contributed by atoms with Crippen molar-refractivity contribution in [3.8, 4) is 23.3 Å². The molecule has 0 aromatic heterocycles. The number of aryl methyl sites for hydroxylation is 1. The third-order valence-corrected chi connectivity index (χ3v) is 6.23. The number of nitrogens with one attached hydrogen (secondary N) is 1. The zero-order valence-corrected chi connectivity index (χ0v) is 21.7.